The first-order valence-corrected chi connectivity index (χ1v) is 7.38. The Balaban J connectivity index is 2.02. The van der Waals surface area contributed by atoms with Gasteiger partial charge in [0, 0.05) is 12.1 Å². The highest BCUT2D eigenvalue weighted by molar-refractivity contribution is 7.14. The summed E-state index contributed by atoms with van der Waals surface area (Å²) in [5, 5.41) is 5.71. The number of hydrogen-bond donors (Lipinski definition) is 1. The Morgan fingerprint density at radius 2 is 1.67 bits per heavy atom. The number of halogens is 1. The maximum absolute atomic E-state index is 5.97. The number of nitrogens with one attached hydrogen (secondary N) is 1. The lowest BCUT2D eigenvalue weighted by Gasteiger charge is -2.20. The number of thiophene rings is 1. The maximum Gasteiger partial charge on any atom is 0.0931 e. The molecule has 2 rings (SSSR count). The Labute approximate surface area is 118 Å². The average molecular weight is 280 g/mol. The fourth-order valence-electron chi connectivity index (χ4n) is 1.97. The molecule has 1 heterocycles. The molecule has 0 fully saturated rings. The summed E-state index contributed by atoms with van der Waals surface area (Å²) in [6, 6.07) is 11.3. The highest BCUT2D eigenvalue weighted by atomic mass is 35.5. The second kappa shape index (κ2) is 5.87. The van der Waals surface area contributed by atoms with Gasteiger partial charge in [-0.05, 0) is 43.3 Å². The van der Waals surface area contributed by atoms with E-state index in [1.807, 2.05) is 6.07 Å². The highest BCUT2D eigenvalue weighted by Crippen LogP contribution is 2.26. The second-order valence-corrected chi connectivity index (χ2v) is 6.25. The molecule has 1 nitrogen and oxygen atoms in total. The van der Waals surface area contributed by atoms with E-state index in [0.717, 1.165) is 4.34 Å². The van der Waals surface area contributed by atoms with E-state index >= 15 is 0 Å². The molecule has 2 atom stereocenters. The van der Waals surface area contributed by atoms with Crippen LogP contribution in [0.1, 0.15) is 42.6 Å². The van der Waals surface area contributed by atoms with Gasteiger partial charge in [-0.3, -0.25) is 0 Å². The van der Waals surface area contributed by atoms with Crippen LogP contribution in [0.2, 0.25) is 4.34 Å². The number of aryl methyl sites for hydroxylation is 1. The van der Waals surface area contributed by atoms with E-state index < -0.39 is 0 Å². The zero-order valence-corrected chi connectivity index (χ0v) is 12.5. The minimum Gasteiger partial charge on any atom is -0.304 e. The molecule has 96 valence electrons. The second-order valence-electron chi connectivity index (χ2n) is 4.70. The van der Waals surface area contributed by atoms with Gasteiger partial charge in [0.25, 0.3) is 0 Å². The zero-order valence-electron chi connectivity index (χ0n) is 10.9. The smallest absolute Gasteiger partial charge is 0.0931 e. The summed E-state index contributed by atoms with van der Waals surface area (Å²) in [5.41, 5.74) is 3.86. The summed E-state index contributed by atoms with van der Waals surface area (Å²) in [5.74, 6) is 0. The van der Waals surface area contributed by atoms with Crippen LogP contribution in [0, 0.1) is 6.92 Å². The molecule has 0 aliphatic rings. The van der Waals surface area contributed by atoms with Gasteiger partial charge in [0.05, 0.1) is 4.34 Å². The van der Waals surface area contributed by atoms with Crippen molar-refractivity contribution >= 4 is 22.9 Å². The van der Waals surface area contributed by atoms with Gasteiger partial charge in [-0.1, -0.05) is 41.4 Å². The van der Waals surface area contributed by atoms with Crippen LogP contribution >= 0.6 is 22.9 Å². The molecule has 18 heavy (non-hydrogen) atoms. The van der Waals surface area contributed by atoms with Crippen molar-refractivity contribution in [2.24, 2.45) is 0 Å². The summed E-state index contributed by atoms with van der Waals surface area (Å²) in [4.78, 5) is 0. The van der Waals surface area contributed by atoms with Crippen LogP contribution in [0.15, 0.2) is 35.7 Å². The van der Waals surface area contributed by atoms with Gasteiger partial charge in [0.2, 0.25) is 0 Å². The van der Waals surface area contributed by atoms with Crippen LogP contribution in [0.25, 0.3) is 0 Å². The number of benzene rings is 1. The normalized spacial score (nSPS) is 14.4. The van der Waals surface area contributed by atoms with E-state index in [-0.39, 0.29) is 0 Å². The third kappa shape index (κ3) is 3.35. The third-order valence-corrected chi connectivity index (χ3v) is 4.27. The third-order valence-electron chi connectivity index (χ3n) is 3.17. The summed E-state index contributed by atoms with van der Waals surface area (Å²) >= 11 is 7.55. The Bertz CT molecular complexity index is 503. The van der Waals surface area contributed by atoms with Crippen LogP contribution in [0.4, 0.5) is 0 Å². The molecule has 0 radical (unpaired) electrons. The van der Waals surface area contributed by atoms with Gasteiger partial charge < -0.3 is 5.32 Å². The van der Waals surface area contributed by atoms with Gasteiger partial charge in [-0.2, -0.15) is 0 Å². The number of hydrogen-bond acceptors (Lipinski definition) is 2. The lowest BCUT2D eigenvalue weighted by atomic mass is 10.0. The quantitative estimate of drug-likeness (QED) is 0.819. The first-order valence-electron chi connectivity index (χ1n) is 6.13. The fraction of sp³-hybridized carbons (Fsp3) is 0.333. The molecule has 3 heteroatoms. The van der Waals surface area contributed by atoms with Crippen molar-refractivity contribution in [2.45, 2.75) is 32.9 Å². The van der Waals surface area contributed by atoms with Crippen molar-refractivity contribution < 1.29 is 0 Å². The zero-order chi connectivity index (χ0) is 13.1. The standard InChI is InChI=1S/C15H18ClNS/c1-10-4-6-13(7-5-10)11(2)17-12(3)14-8-15(16)18-9-14/h4-9,11-12,17H,1-3H3. The monoisotopic (exact) mass is 279 g/mol. The van der Waals surface area contributed by atoms with Crippen molar-refractivity contribution in [3.8, 4) is 0 Å². The first kappa shape index (κ1) is 13.6. The molecule has 0 saturated carbocycles. The minimum absolute atomic E-state index is 0.310. The van der Waals surface area contributed by atoms with Crippen molar-refractivity contribution in [3.05, 3.63) is 56.7 Å². The van der Waals surface area contributed by atoms with E-state index in [0.29, 0.717) is 12.1 Å². The van der Waals surface area contributed by atoms with Crippen molar-refractivity contribution in [3.63, 3.8) is 0 Å². The highest BCUT2D eigenvalue weighted by Gasteiger charge is 2.12. The minimum atomic E-state index is 0.310. The van der Waals surface area contributed by atoms with Gasteiger partial charge >= 0.3 is 0 Å². The van der Waals surface area contributed by atoms with Gasteiger partial charge in [0.15, 0.2) is 0 Å². The summed E-state index contributed by atoms with van der Waals surface area (Å²) in [6.45, 7) is 6.47. The molecule has 2 aromatic rings. The molecule has 1 aromatic heterocycles. The molecule has 0 saturated heterocycles. The Hall–Kier alpha value is -0.830. The van der Waals surface area contributed by atoms with Gasteiger partial charge in [0.1, 0.15) is 0 Å². The lowest BCUT2D eigenvalue weighted by Crippen LogP contribution is -2.22. The largest absolute Gasteiger partial charge is 0.304 e. The molecule has 2 unspecified atom stereocenters. The lowest BCUT2D eigenvalue weighted by molar-refractivity contribution is 0.495. The molecule has 1 N–H and O–H groups in total. The predicted molar refractivity (Wildman–Crippen MR) is 80.5 cm³/mol. The Morgan fingerprint density at radius 1 is 1.06 bits per heavy atom. The molecular weight excluding hydrogens is 262 g/mol. The number of rotatable bonds is 4. The first-order chi connectivity index (χ1) is 8.56. The molecule has 0 spiro atoms. The SMILES string of the molecule is Cc1ccc(C(C)NC(C)c2csc(Cl)c2)cc1. The molecule has 0 aliphatic carbocycles. The van der Waals surface area contributed by atoms with E-state index in [1.54, 1.807) is 11.3 Å². The van der Waals surface area contributed by atoms with Crippen molar-refractivity contribution in [1.29, 1.82) is 0 Å². The summed E-state index contributed by atoms with van der Waals surface area (Å²) < 4.78 is 0.849. The maximum atomic E-state index is 5.97. The van der Waals surface area contributed by atoms with Gasteiger partial charge in [-0.15, -0.1) is 11.3 Å². The summed E-state index contributed by atoms with van der Waals surface area (Å²) in [7, 11) is 0. The van der Waals surface area contributed by atoms with E-state index in [1.165, 1.54) is 16.7 Å². The average Bonchev–Trinajstić information content (AvgIpc) is 2.76. The van der Waals surface area contributed by atoms with E-state index in [9.17, 15) is 0 Å². The Morgan fingerprint density at radius 3 is 2.22 bits per heavy atom. The molecular formula is C15H18ClNS. The van der Waals surface area contributed by atoms with Crippen LogP contribution in [0.3, 0.4) is 0 Å². The van der Waals surface area contributed by atoms with Crippen molar-refractivity contribution in [2.75, 3.05) is 0 Å². The van der Waals surface area contributed by atoms with Crippen molar-refractivity contribution in [1.82, 2.24) is 5.32 Å². The molecule has 0 amide bonds. The van der Waals surface area contributed by atoms with Crippen LogP contribution < -0.4 is 5.32 Å². The predicted octanol–water partition coefficient (Wildman–Crippen LogP) is 5.12. The fourth-order valence-corrected chi connectivity index (χ4v) is 2.96. The van der Waals surface area contributed by atoms with Crippen LogP contribution in [-0.4, -0.2) is 0 Å². The molecule has 0 aliphatic heterocycles. The van der Waals surface area contributed by atoms with Crippen LogP contribution in [0.5, 0.6) is 0 Å². The topological polar surface area (TPSA) is 12.0 Å². The molecule has 1 aromatic carbocycles. The van der Waals surface area contributed by atoms with Crippen LogP contribution in [-0.2, 0) is 0 Å². The Kier molecular flexibility index (Phi) is 4.44. The van der Waals surface area contributed by atoms with Gasteiger partial charge in [-0.25, -0.2) is 0 Å². The van der Waals surface area contributed by atoms with E-state index in [2.05, 4.69) is 55.7 Å². The molecule has 0 bridgehead atoms. The van der Waals surface area contributed by atoms with E-state index in [4.69, 9.17) is 11.6 Å². The summed E-state index contributed by atoms with van der Waals surface area (Å²) in [6.07, 6.45) is 0.